The van der Waals surface area contributed by atoms with Crippen LogP contribution in [0.1, 0.15) is 29.6 Å². The van der Waals surface area contributed by atoms with Gasteiger partial charge in [-0.15, -0.1) is 0 Å². The number of unbranched alkanes of at least 4 members (excludes halogenated alkanes) is 2. The van der Waals surface area contributed by atoms with Crippen molar-refractivity contribution in [2.75, 3.05) is 13.2 Å². The molecule has 0 saturated carbocycles. The molecule has 19 heavy (non-hydrogen) atoms. The first-order valence-corrected chi connectivity index (χ1v) is 6.25. The minimum Gasteiger partial charge on any atom is -0.463 e. The fourth-order valence-electron chi connectivity index (χ4n) is 1.44. The minimum absolute atomic E-state index is 0.307. The molecular weight excluding hydrogens is 244 g/mol. The highest BCUT2D eigenvalue weighted by atomic mass is 16.5. The van der Waals surface area contributed by atoms with Gasteiger partial charge in [0.15, 0.2) is 0 Å². The summed E-state index contributed by atoms with van der Waals surface area (Å²) in [5.41, 5.74) is 0.558. The Morgan fingerprint density at radius 3 is 2.26 bits per heavy atom. The van der Waals surface area contributed by atoms with Gasteiger partial charge in [0.2, 0.25) is 0 Å². The van der Waals surface area contributed by atoms with Crippen molar-refractivity contribution in [1.82, 2.24) is 0 Å². The van der Waals surface area contributed by atoms with Gasteiger partial charge in [-0.3, -0.25) is 0 Å². The molecule has 0 unspecified atom stereocenters. The van der Waals surface area contributed by atoms with Crippen LogP contribution in [0, 0.1) is 0 Å². The molecule has 1 aromatic carbocycles. The minimum atomic E-state index is -0.407. The van der Waals surface area contributed by atoms with Gasteiger partial charge in [0.05, 0.1) is 18.8 Å². The molecule has 0 bridgehead atoms. The van der Waals surface area contributed by atoms with E-state index < -0.39 is 5.97 Å². The first kappa shape index (κ1) is 15.0. The van der Waals surface area contributed by atoms with Crippen LogP contribution < -0.4 is 0 Å². The third-order valence-electron chi connectivity index (χ3n) is 2.44. The molecule has 0 aliphatic rings. The first-order valence-electron chi connectivity index (χ1n) is 6.25. The molecule has 0 atom stereocenters. The summed E-state index contributed by atoms with van der Waals surface area (Å²) in [5.74, 6) is -0.714. The lowest BCUT2D eigenvalue weighted by atomic mass is 10.2. The molecule has 1 rings (SSSR count). The summed E-state index contributed by atoms with van der Waals surface area (Å²) in [4.78, 5) is 22.3. The second-order valence-electron chi connectivity index (χ2n) is 3.93. The Balaban J connectivity index is 2.04. The second-order valence-corrected chi connectivity index (χ2v) is 3.93. The molecule has 0 spiro atoms. The molecule has 4 nitrogen and oxygen atoms in total. The first-order chi connectivity index (χ1) is 9.24. The molecule has 0 amide bonds. The van der Waals surface area contributed by atoms with E-state index in [9.17, 15) is 9.59 Å². The maximum Gasteiger partial charge on any atom is 0.338 e. The van der Waals surface area contributed by atoms with E-state index in [2.05, 4.69) is 6.58 Å². The summed E-state index contributed by atoms with van der Waals surface area (Å²) in [6.45, 7) is 4.06. The smallest absolute Gasteiger partial charge is 0.338 e. The molecule has 0 radical (unpaired) electrons. The van der Waals surface area contributed by atoms with Crippen LogP contribution in [0.2, 0.25) is 0 Å². The fourth-order valence-corrected chi connectivity index (χ4v) is 1.44. The van der Waals surface area contributed by atoms with Crippen molar-refractivity contribution in [1.29, 1.82) is 0 Å². The molecule has 0 aliphatic carbocycles. The Bertz CT molecular complexity index is 411. The highest BCUT2D eigenvalue weighted by Crippen LogP contribution is 2.03. The lowest BCUT2D eigenvalue weighted by molar-refractivity contribution is -0.137. The predicted molar refractivity (Wildman–Crippen MR) is 71.7 cm³/mol. The molecular formula is C15H18O4. The maximum absolute atomic E-state index is 11.6. The van der Waals surface area contributed by atoms with Gasteiger partial charge in [-0.05, 0) is 31.4 Å². The zero-order valence-corrected chi connectivity index (χ0v) is 10.8. The van der Waals surface area contributed by atoms with Crippen molar-refractivity contribution >= 4 is 11.9 Å². The molecule has 0 aliphatic heterocycles. The Labute approximate surface area is 113 Å². The second kappa shape index (κ2) is 8.91. The van der Waals surface area contributed by atoms with E-state index in [4.69, 9.17) is 9.47 Å². The van der Waals surface area contributed by atoms with Crippen LogP contribution in [0.15, 0.2) is 43.0 Å². The Kier molecular flexibility index (Phi) is 7.02. The average Bonchev–Trinajstić information content (AvgIpc) is 2.46. The molecule has 0 N–H and O–H groups in total. The SMILES string of the molecule is C=CC(=O)OCCCCCOC(=O)c1ccccc1. The van der Waals surface area contributed by atoms with E-state index in [1.165, 1.54) is 0 Å². The number of carbonyl (C=O) groups is 2. The van der Waals surface area contributed by atoms with Crippen LogP contribution in [0.4, 0.5) is 0 Å². The van der Waals surface area contributed by atoms with Gasteiger partial charge in [0.1, 0.15) is 0 Å². The molecule has 0 heterocycles. The summed E-state index contributed by atoms with van der Waals surface area (Å²) in [7, 11) is 0. The monoisotopic (exact) mass is 262 g/mol. The van der Waals surface area contributed by atoms with Crippen molar-refractivity contribution in [2.24, 2.45) is 0 Å². The van der Waals surface area contributed by atoms with Crippen molar-refractivity contribution in [3.05, 3.63) is 48.6 Å². The van der Waals surface area contributed by atoms with Crippen LogP contribution >= 0.6 is 0 Å². The number of benzene rings is 1. The zero-order valence-electron chi connectivity index (χ0n) is 10.8. The summed E-state index contributed by atoms with van der Waals surface area (Å²) in [5, 5.41) is 0. The van der Waals surface area contributed by atoms with E-state index in [1.807, 2.05) is 6.07 Å². The van der Waals surface area contributed by atoms with Crippen molar-refractivity contribution < 1.29 is 19.1 Å². The molecule has 0 fully saturated rings. The van der Waals surface area contributed by atoms with E-state index >= 15 is 0 Å². The highest BCUT2D eigenvalue weighted by molar-refractivity contribution is 5.89. The van der Waals surface area contributed by atoms with Crippen molar-refractivity contribution in [2.45, 2.75) is 19.3 Å². The van der Waals surface area contributed by atoms with Gasteiger partial charge >= 0.3 is 11.9 Å². The van der Waals surface area contributed by atoms with E-state index in [1.54, 1.807) is 24.3 Å². The zero-order chi connectivity index (χ0) is 13.9. The lowest BCUT2D eigenvalue weighted by Gasteiger charge is -2.05. The van der Waals surface area contributed by atoms with Crippen molar-refractivity contribution in [3.8, 4) is 0 Å². The number of hydrogen-bond donors (Lipinski definition) is 0. The van der Waals surface area contributed by atoms with Crippen LogP contribution in [0.25, 0.3) is 0 Å². The Morgan fingerprint density at radius 2 is 1.63 bits per heavy atom. The molecule has 102 valence electrons. The Morgan fingerprint density at radius 1 is 1.00 bits per heavy atom. The van der Waals surface area contributed by atoms with Crippen LogP contribution in [0.3, 0.4) is 0 Å². The van der Waals surface area contributed by atoms with Crippen LogP contribution in [-0.2, 0) is 14.3 Å². The third-order valence-corrected chi connectivity index (χ3v) is 2.44. The van der Waals surface area contributed by atoms with Gasteiger partial charge in [-0.2, -0.15) is 0 Å². The van der Waals surface area contributed by atoms with Crippen LogP contribution in [-0.4, -0.2) is 25.2 Å². The van der Waals surface area contributed by atoms with E-state index in [0.717, 1.165) is 25.3 Å². The van der Waals surface area contributed by atoms with Gasteiger partial charge in [-0.1, -0.05) is 24.8 Å². The van der Waals surface area contributed by atoms with Crippen molar-refractivity contribution in [3.63, 3.8) is 0 Å². The number of rotatable bonds is 8. The molecule has 1 aromatic rings. The van der Waals surface area contributed by atoms with Crippen LogP contribution in [0.5, 0.6) is 0 Å². The van der Waals surface area contributed by atoms with Gasteiger partial charge in [0.25, 0.3) is 0 Å². The number of carbonyl (C=O) groups excluding carboxylic acids is 2. The predicted octanol–water partition coefficient (Wildman–Crippen LogP) is 2.74. The quantitative estimate of drug-likeness (QED) is 0.410. The van der Waals surface area contributed by atoms with Gasteiger partial charge < -0.3 is 9.47 Å². The fraction of sp³-hybridized carbons (Fsp3) is 0.333. The molecule has 0 saturated heterocycles. The van der Waals surface area contributed by atoms with E-state index in [-0.39, 0.29) is 5.97 Å². The topological polar surface area (TPSA) is 52.6 Å². The van der Waals surface area contributed by atoms with Gasteiger partial charge in [0, 0.05) is 6.08 Å². The summed E-state index contributed by atoms with van der Waals surface area (Å²) in [6.07, 6.45) is 3.49. The number of ether oxygens (including phenoxy) is 2. The lowest BCUT2D eigenvalue weighted by Crippen LogP contribution is -2.07. The molecule has 0 aromatic heterocycles. The summed E-state index contributed by atoms with van der Waals surface area (Å²) in [6, 6.07) is 8.88. The Hall–Kier alpha value is -2.10. The van der Waals surface area contributed by atoms with Gasteiger partial charge in [-0.25, -0.2) is 9.59 Å². The summed E-state index contributed by atoms with van der Waals surface area (Å²) >= 11 is 0. The average molecular weight is 262 g/mol. The third kappa shape index (κ3) is 6.41. The van der Waals surface area contributed by atoms with E-state index in [0.29, 0.717) is 18.8 Å². The summed E-state index contributed by atoms with van der Waals surface area (Å²) < 4.78 is 9.94. The number of hydrogen-bond acceptors (Lipinski definition) is 4. The number of esters is 2. The normalized spacial score (nSPS) is 9.68. The standard InChI is InChI=1S/C15H18O4/c1-2-14(16)18-11-7-4-8-12-19-15(17)13-9-5-3-6-10-13/h2-3,5-6,9-10H,1,4,7-8,11-12H2. The maximum atomic E-state index is 11.6. The molecule has 4 heteroatoms. The highest BCUT2D eigenvalue weighted by Gasteiger charge is 2.04. The largest absolute Gasteiger partial charge is 0.463 e.